The second kappa shape index (κ2) is 3.97. The molecule has 2 aliphatic heterocycles. The molecule has 112 valence electrons. The largest absolute Gasteiger partial charge is 0.448 e. The van der Waals surface area contributed by atoms with E-state index < -0.39 is 16.4 Å². The molecular weight excluding hydrogens is 256 g/mol. The highest BCUT2D eigenvalue weighted by Crippen LogP contribution is 2.65. The minimum Gasteiger partial charge on any atom is -0.448 e. The Hall–Kier alpha value is -1.10. The fraction of sp³-hybridized carbons (Fsp3) is 0.867. The fourth-order valence-electron chi connectivity index (χ4n) is 3.99. The van der Waals surface area contributed by atoms with E-state index in [1.54, 1.807) is 0 Å². The first-order valence-electron chi connectivity index (χ1n) is 7.46. The molecule has 2 saturated heterocycles. The Kier molecular flexibility index (Phi) is 2.75. The van der Waals surface area contributed by atoms with E-state index in [9.17, 15) is 9.59 Å². The molecule has 5 heteroatoms. The summed E-state index contributed by atoms with van der Waals surface area (Å²) in [5.74, 6) is -0.179. The van der Waals surface area contributed by atoms with Crippen LogP contribution in [0.1, 0.15) is 33.6 Å². The number of esters is 1. The van der Waals surface area contributed by atoms with Crippen molar-refractivity contribution >= 4 is 11.9 Å². The number of ether oxygens (including phenoxy) is 1. The molecule has 0 aromatic carbocycles. The second-order valence-electron chi connectivity index (χ2n) is 7.27. The second-order valence-corrected chi connectivity index (χ2v) is 7.27. The highest BCUT2D eigenvalue weighted by Gasteiger charge is 2.76. The van der Waals surface area contributed by atoms with Gasteiger partial charge in [0.15, 0.2) is 5.60 Å². The average molecular weight is 280 g/mol. The molecule has 0 spiro atoms. The van der Waals surface area contributed by atoms with Crippen LogP contribution in [-0.2, 0) is 14.3 Å². The predicted molar refractivity (Wildman–Crippen MR) is 74.0 cm³/mol. The van der Waals surface area contributed by atoms with E-state index in [1.807, 2.05) is 25.7 Å². The van der Waals surface area contributed by atoms with Gasteiger partial charge in [0, 0.05) is 31.6 Å². The quantitative estimate of drug-likeness (QED) is 0.669. The molecule has 1 amide bonds. The van der Waals surface area contributed by atoms with Crippen molar-refractivity contribution in [1.29, 1.82) is 0 Å². The van der Waals surface area contributed by atoms with Gasteiger partial charge in [0.1, 0.15) is 0 Å². The first-order chi connectivity index (χ1) is 9.24. The van der Waals surface area contributed by atoms with Gasteiger partial charge in [-0.3, -0.25) is 9.59 Å². The molecule has 5 nitrogen and oxygen atoms in total. The Balaban J connectivity index is 1.90. The molecule has 0 radical (unpaired) electrons. The third kappa shape index (κ3) is 1.42. The number of rotatable bonds is 1. The molecule has 1 saturated carbocycles. The van der Waals surface area contributed by atoms with Gasteiger partial charge in [-0.1, -0.05) is 13.8 Å². The monoisotopic (exact) mass is 280 g/mol. The summed E-state index contributed by atoms with van der Waals surface area (Å²) in [6.07, 6.45) is 1.41. The molecule has 2 bridgehead atoms. The zero-order chi connectivity index (χ0) is 14.8. The van der Waals surface area contributed by atoms with Crippen LogP contribution in [0.5, 0.6) is 0 Å². The number of hydrogen-bond acceptors (Lipinski definition) is 4. The van der Waals surface area contributed by atoms with Crippen LogP contribution in [0.25, 0.3) is 0 Å². The minimum absolute atomic E-state index is 0.0187. The van der Waals surface area contributed by atoms with E-state index >= 15 is 0 Å². The highest BCUT2D eigenvalue weighted by atomic mass is 16.6. The molecule has 2 heterocycles. The van der Waals surface area contributed by atoms with Gasteiger partial charge >= 0.3 is 5.97 Å². The Morgan fingerprint density at radius 2 is 1.70 bits per heavy atom. The molecule has 2 atom stereocenters. The van der Waals surface area contributed by atoms with Crippen molar-refractivity contribution in [3.8, 4) is 0 Å². The number of carbonyl (C=O) groups is 2. The molecule has 3 rings (SSSR count). The van der Waals surface area contributed by atoms with E-state index in [0.717, 1.165) is 32.6 Å². The lowest BCUT2D eigenvalue weighted by Gasteiger charge is -2.41. The van der Waals surface area contributed by atoms with E-state index in [1.165, 1.54) is 0 Å². The summed E-state index contributed by atoms with van der Waals surface area (Å²) in [6.45, 7) is 9.18. The van der Waals surface area contributed by atoms with Crippen molar-refractivity contribution in [1.82, 2.24) is 9.80 Å². The van der Waals surface area contributed by atoms with E-state index in [-0.39, 0.29) is 11.9 Å². The van der Waals surface area contributed by atoms with Crippen molar-refractivity contribution in [2.45, 2.75) is 39.2 Å². The van der Waals surface area contributed by atoms with Crippen LogP contribution >= 0.6 is 0 Å². The summed E-state index contributed by atoms with van der Waals surface area (Å²) in [4.78, 5) is 29.3. The van der Waals surface area contributed by atoms with Crippen LogP contribution in [-0.4, -0.2) is 60.5 Å². The Bertz CT molecular complexity index is 468. The van der Waals surface area contributed by atoms with Crippen LogP contribution in [0.2, 0.25) is 0 Å². The van der Waals surface area contributed by atoms with Gasteiger partial charge in [0.2, 0.25) is 0 Å². The number of fused-ring (bicyclic) bond motifs is 2. The van der Waals surface area contributed by atoms with E-state index in [4.69, 9.17) is 4.74 Å². The molecule has 3 fully saturated rings. The van der Waals surface area contributed by atoms with Gasteiger partial charge < -0.3 is 14.5 Å². The zero-order valence-electron chi connectivity index (χ0n) is 12.9. The number of amides is 1. The lowest BCUT2D eigenvalue weighted by molar-refractivity contribution is -0.174. The maximum Gasteiger partial charge on any atom is 0.313 e. The molecule has 0 aromatic heterocycles. The highest BCUT2D eigenvalue weighted by molar-refractivity contribution is 5.96. The van der Waals surface area contributed by atoms with Gasteiger partial charge in [-0.2, -0.15) is 0 Å². The maximum absolute atomic E-state index is 13.0. The van der Waals surface area contributed by atoms with Crippen molar-refractivity contribution < 1.29 is 14.3 Å². The van der Waals surface area contributed by atoms with E-state index in [2.05, 4.69) is 11.9 Å². The van der Waals surface area contributed by atoms with Gasteiger partial charge in [-0.25, -0.2) is 0 Å². The molecule has 0 unspecified atom stereocenters. The first kappa shape index (κ1) is 13.9. The maximum atomic E-state index is 13.0. The van der Waals surface area contributed by atoms with Crippen LogP contribution < -0.4 is 0 Å². The molecule has 0 N–H and O–H groups in total. The molecule has 1 aliphatic carbocycles. The number of likely N-dealkylation sites (N-methyl/N-ethyl adjacent to an activating group) is 1. The zero-order valence-corrected chi connectivity index (χ0v) is 12.9. The van der Waals surface area contributed by atoms with Crippen molar-refractivity contribution in [3.63, 3.8) is 0 Å². The Morgan fingerprint density at radius 3 is 2.15 bits per heavy atom. The molecule has 0 aromatic rings. The number of carbonyl (C=O) groups excluding carboxylic acids is 2. The SMILES string of the molecule is CN1CCN(C(=O)[C@]23CC[C@@](C)(C(=O)O2)C3(C)C)CC1. The number of piperazine rings is 1. The van der Waals surface area contributed by atoms with Gasteiger partial charge in [-0.15, -0.1) is 0 Å². The van der Waals surface area contributed by atoms with Crippen LogP contribution in [0.15, 0.2) is 0 Å². The van der Waals surface area contributed by atoms with Gasteiger partial charge in [-0.05, 0) is 26.8 Å². The van der Waals surface area contributed by atoms with E-state index in [0.29, 0.717) is 6.42 Å². The summed E-state index contributed by atoms with van der Waals surface area (Å²) in [5, 5.41) is 0. The molecule has 3 aliphatic rings. The fourth-order valence-corrected chi connectivity index (χ4v) is 3.99. The standard InChI is InChI=1S/C15H24N2O3/c1-13(2)14(3)5-6-15(13,20-12(14)19)11(18)17-9-7-16(4)8-10-17/h5-10H2,1-4H3/t14-,15-/m0/s1. The predicted octanol–water partition coefficient (Wildman–Crippen LogP) is 0.882. The summed E-state index contributed by atoms with van der Waals surface area (Å²) < 4.78 is 5.66. The summed E-state index contributed by atoms with van der Waals surface area (Å²) in [7, 11) is 2.06. The summed E-state index contributed by atoms with van der Waals surface area (Å²) in [5.41, 5.74) is -1.89. The lowest BCUT2D eigenvalue weighted by Crippen LogP contribution is -2.58. The first-order valence-corrected chi connectivity index (χ1v) is 7.46. The van der Waals surface area contributed by atoms with Gasteiger partial charge in [0.05, 0.1) is 5.41 Å². The van der Waals surface area contributed by atoms with Gasteiger partial charge in [0.25, 0.3) is 5.91 Å². The molecule has 20 heavy (non-hydrogen) atoms. The lowest BCUT2D eigenvalue weighted by atomic mass is 9.66. The van der Waals surface area contributed by atoms with Crippen LogP contribution in [0.4, 0.5) is 0 Å². The molecular formula is C15H24N2O3. The number of nitrogens with zero attached hydrogens (tertiary/aromatic N) is 2. The van der Waals surface area contributed by atoms with Crippen LogP contribution in [0, 0.1) is 10.8 Å². The van der Waals surface area contributed by atoms with Crippen molar-refractivity contribution in [2.24, 2.45) is 10.8 Å². The Labute approximate surface area is 120 Å². The third-order valence-corrected chi connectivity index (χ3v) is 6.22. The average Bonchev–Trinajstić information content (AvgIpc) is 2.69. The number of hydrogen-bond donors (Lipinski definition) is 0. The topological polar surface area (TPSA) is 49.9 Å². The van der Waals surface area contributed by atoms with Crippen molar-refractivity contribution in [2.75, 3.05) is 33.2 Å². The van der Waals surface area contributed by atoms with Crippen molar-refractivity contribution in [3.05, 3.63) is 0 Å². The minimum atomic E-state index is -0.936. The summed E-state index contributed by atoms with van der Waals surface area (Å²) >= 11 is 0. The third-order valence-electron chi connectivity index (χ3n) is 6.22. The smallest absolute Gasteiger partial charge is 0.313 e. The Morgan fingerprint density at radius 1 is 1.10 bits per heavy atom. The summed E-state index contributed by atoms with van der Waals surface area (Å²) in [6, 6.07) is 0. The normalized spacial score (nSPS) is 40.0. The van der Waals surface area contributed by atoms with Crippen LogP contribution in [0.3, 0.4) is 0 Å².